The van der Waals surface area contributed by atoms with Crippen LogP contribution >= 0.6 is 11.3 Å². The predicted molar refractivity (Wildman–Crippen MR) is 131 cm³/mol. The molecule has 3 atom stereocenters. The summed E-state index contributed by atoms with van der Waals surface area (Å²) in [6.45, 7) is 15.2. The maximum atomic E-state index is 13.4. The van der Waals surface area contributed by atoms with E-state index in [1.165, 1.54) is 4.88 Å². The van der Waals surface area contributed by atoms with Crippen LogP contribution in [0.25, 0.3) is 10.4 Å². The van der Waals surface area contributed by atoms with E-state index in [1.54, 1.807) is 11.3 Å². The molecule has 1 aliphatic rings. The number of nitrogens with one attached hydrogen (secondary N) is 1. The summed E-state index contributed by atoms with van der Waals surface area (Å²) < 4.78 is 0. The van der Waals surface area contributed by atoms with Gasteiger partial charge in [0, 0.05) is 12.5 Å². The minimum atomic E-state index is -0.382. The van der Waals surface area contributed by atoms with Gasteiger partial charge in [-0.3, -0.25) is 9.59 Å². The Balaban J connectivity index is 1.69. The quantitative estimate of drug-likeness (QED) is 0.616. The molecule has 0 bridgehead atoms. The highest BCUT2D eigenvalue weighted by Gasteiger charge is 2.42. The molecule has 1 unspecified atom stereocenters. The van der Waals surface area contributed by atoms with Crippen molar-refractivity contribution in [2.45, 2.75) is 73.4 Å². The molecule has 0 radical (unpaired) electrons. The zero-order valence-corrected chi connectivity index (χ0v) is 21.3. The fourth-order valence-corrected chi connectivity index (χ4v) is 5.84. The number of carbonyl (C=O) groups is 2. The molecule has 2 amide bonds. The average molecular weight is 456 g/mol. The molecular weight excluding hydrogens is 418 g/mol. The van der Waals surface area contributed by atoms with Gasteiger partial charge in [0.05, 0.1) is 22.1 Å². The number of hydrogen-bond acceptors (Lipinski definition) is 4. The Kier molecular flexibility index (Phi) is 7.43. The molecular formula is C26H37N3O2S. The van der Waals surface area contributed by atoms with E-state index in [4.69, 9.17) is 0 Å². The number of likely N-dealkylation sites (tertiary alicyclic amines) is 1. The minimum absolute atomic E-state index is 0.0536. The molecule has 1 aromatic carbocycles. The summed E-state index contributed by atoms with van der Waals surface area (Å²) in [7, 11) is 0. The number of amides is 2. The van der Waals surface area contributed by atoms with Crippen LogP contribution in [0.1, 0.15) is 71.7 Å². The number of aryl methyl sites for hydroxylation is 1. The van der Waals surface area contributed by atoms with Crippen molar-refractivity contribution in [2.24, 2.45) is 17.3 Å². The molecule has 0 spiro atoms. The van der Waals surface area contributed by atoms with Crippen LogP contribution in [0.15, 0.2) is 29.8 Å². The first-order valence-corrected chi connectivity index (χ1v) is 12.5. The van der Waals surface area contributed by atoms with E-state index >= 15 is 0 Å². The van der Waals surface area contributed by atoms with Gasteiger partial charge in [0.1, 0.15) is 6.04 Å². The van der Waals surface area contributed by atoms with Gasteiger partial charge in [0.15, 0.2) is 0 Å². The van der Waals surface area contributed by atoms with Crippen molar-refractivity contribution in [1.82, 2.24) is 15.2 Å². The maximum Gasteiger partial charge on any atom is 0.243 e. The second-order valence-electron chi connectivity index (χ2n) is 10.4. The lowest BCUT2D eigenvalue weighted by Crippen LogP contribution is -2.51. The zero-order chi connectivity index (χ0) is 23.6. The van der Waals surface area contributed by atoms with Crippen LogP contribution in [-0.2, 0) is 9.59 Å². The lowest BCUT2D eigenvalue weighted by molar-refractivity contribution is -0.146. The first kappa shape index (κ1) is 24.4. The van der Waals surface area contributed by atoms with Gasteiger partial charge in [-0.15, -0.1) is 11.3 Å². The molecule has 1 aromatic heterocycles. The summed E-state index contributed by atoms with van der Waals surface area (Å²) >= 11 is 1.63. The second kappa shape index (κ2) is 9.74. The third kappa shape index (κ3) is 5.22. The van der Waals surface area contributed by atoms with Gasteiger partial charge in [-0.25, -0.2) is 4.98 Å². The lowest BCUT2D eigenvalue weighted by atomic mass is 9.73. The summed E-state index contributed by atoms with van der Waals surface area (Å²) in [5.74, 6) is 0.187. The third-order valence-electron chi connectivity index (χ3n) is 6.48. The molecule has 32 heavy (non-hydrogen) atoms. The Morgan fingerprint density at radius 1 is 1.16 bits per heavy atom. The molecule has 3 rings (SSSR count). The van der Waals surface area contributed by atoms with E-state index < -0.39 is 0 Å². The molecule has 1 N–H and O–H groups in total. The summed E-state index contributed by atoms with van der Waals surface area (Å²) in [6, 6.07) is 7.78. The molecule has 1 fully saturated rings. The number of nitrogens with zero attached hydrogens (tertiary/aromatic N) is 2. The molecule has 2 aromatic rings. The van der Waals surface area contributed by atoms with Crippen molar-refractivity contribution in [3.8, 4) is 10.4 Å². The van der Waals surface area contributed by atoms with Crippen LogP contribution in [0, 0.1) is 24.2 Å². The van der Waals surface area contributed by atoms with Crippen molar-refractivity contribution in [3.05, 3.63) is 41.0 Å². The molecule has 1 aliphatic heterocycles. The third-order valence-corrected chi connectivity index (χ3v) is 7.46. The van der Waals surface area contributed by atoms with Gasteiger partial charge in [0.25, 0.3) is 0 Å². The molecule has 6 heteroatoms. The summed E-state index contributed by atoms with van der Waals surface area (Å²) in [5.41, 5.74) is 4.95. The van der Waals surface area contributed by atoms with Crippen molar-refractivity contribution in [3.63, 3.8) is 0 Å². The van der Waals surface area contributed by atoms with Crippen molar-refractivity contribution in [2.75, 3.05) is 6.54 Å². The second-order valence-corrected chi connectivity index (χ2v) is 11.3. The SMILES string of the molecule is Cc1ncsc1-c1ccc([C@H](C)NC(=O)[C@@H]2CCCN2C(=O)C(C(C)C)C(C)(C)C)cc1. The van der Waals surface area contributed by atoms with E-state index in [0.29, 0.717) is 6.54 Å². The van der Waals surface area contributed by atoms with Crippen LogP contribution in [0.2, 0.25) is 0 Å². The van der Waals surface area contributed by atoms with Crippen LogP contribution in [-0.4, -0.2) is 34.3 Å². The average Bonchev–Trinajstić information content (AvgIpc) is 3.35. The highest BCUT2D eigenvalue weighted by atomic mass is 32.1. The number of rotatable bonds is 6. The van der Waals surface area contributed by atoms with Gasteiger partial charge < -0.3 is 10.2 Å². The molecule has 0 aliphatic carbocycles. The summed E-state index contributed by atoms with van der Waals surface area (Å²) in [5, 5.41) is 3.15. The first-order valence-electron chi connectivity index (χ1n) is 11.6. The highest BCUT2D eigenvalue weighted by molar-refractivity contribution is 7.13. The van der Waals surface area contributed by atoms with Crippen molar-refractivity contribution >= 4 is 23.2 Å². The smallest absolute Gasteiger partial charge is 0.243 e. The Labute approximate surface area is 196 Å². The summed E-state index contributed by atoms with van der Waals surface area (Å²) in [4.78, 5) is 33.9. The molecule has 2 heterocycles. The fraction of sp³-hybridized carbons (Fsp3) is 0.577. The number of carbonyl (C=O) groups excluding carboxylic acids is 2. The highest BCUT2D eigenvalue weighted by Crippen LogP contribution is 2.35. The maximum absolute atomic E-state index is 13.4. The zero-order valence-electron chi connectivity index (χ0n) is 20.4. The van der Waals surface area contributed by atoms with Gasteiger partial charge in [-0.05, 0) is 49.1 Å². The number of aromatic nitrogens is 1. The Bertz CT molecular complexity index is 943. The summed E-state index contributed by atoms with van der Waals surface area (Å²) in [6.07, 6.45) is 1.60. The minimum Gasteiger partial charge on any atom is -0.348 e. The normalized spacial score (nSPS) is 18.6. The Morgan fingerprint density at radius 3 is 2.34 bits per heavy atom. The van der Waals surface area contributed by atoms with Crippen LogP contribution < -0.4 is 5.32 Å². The van der Waals surface area contributed by atoms with E-state index in [0.717, 1.165) is 29.7 Å². The predicted octanol–water partition coefficient (Wildman–Crippen LogP) is 5.61. The molecule has 174 valence electrons. The molecule has 5 nitrogen and oxygen atoms in total. The van der Waals surface area contributed by atoms with Gasteiger partial charge in [-0.1, -0.05) is 58.9 Å². The molecule has 1 saturated heterocycles. The van der Waals surface area contributed by atoms with E-state index in [1.807, 2.05) is 24.3 Å². The first-order chi connectivity index (χ1) is 15.0. The monoisotopic (exact) mass is 455 g/mol. The largest absolute Gasteiger partial charge is 0.348 e. The van der Waals surface area contributed by atoms with Gasteiger partial charge >= 0.3 is 0 Å². The van der Waals surface area contributed by atoms with E-state index in [-0.39, 0.29) is 41.1 Å². The Morgan fingerprint density at radius 2 is 1.81 bits per heavy atom. The number of benzene rings is 1. The van der Waals surface area contributed by atoms with Gasteiger partial charge in [-0.2, -0.15) is 0 Å². The van der Waals surface area contributed by atoms with Crippen LogP contribution in [0.4, 0.5) is 0 Å². The number of hydrogen-bond donors (Lipinski definition) is 1. The van der Waals surface area contributed by atoms with Crippen molar-refractivity contribution in [1.29, 1.82) is 0 Å². The van der Waals surface area contributed by atoms with Gasteiger partial charge in [0.2, 0.25) is 11.8 Å². The standard InChI is InChI=1S/C26H37N3O2S/c1-16(2)22(26(5,6)7)25(31)29-14-8-9-21(29)24(30)28-17(3)19-10-12-20(13-11-19)23-18(4)27-15-32-23/h10-13,15-17,21-22H,8-9,14H2,1-7H3,(H,28,30)/t17-,21-,22?/m0/s1. The van der Waals surface area contributed by atoms with Crippen LogP contribution in [0.5, 0.6) is 0 Å². The Hall–Kier alpha value is -2.21. The molecule has 0 saturated carbocycles. The van der Waals surface area contributed by atoms with E-state index in [9.17, 15) is 9.59 Å². The van der Waals surface area contributed by atoms with Crippen LogP contribution in [0.3, 0.4) is 0 Å². The number of thiazole rings is 1. The lowest BCUT2D eigenvalue weighted by Gasteiger charge is -2.37. The van der Waals surface area contributed by atoms with E-state index in [2.05, 4.69) is 69.2 Å². The van der Waals surface area contributed by atoms with Crippen molar-refractivity contribution < 1.29 is 9.59 Å². The topological polar surface area (TPSA) is 62.3 Å². The fourth-order valence-electron chi connectivity index (χ4n) is 5.03.